The fraction of sp³-hybridized carbons (Fsp3) is 0.333. The van der Waals surface area contributed by atoms with Gasteiger partial charge in [-0.3, -0.25) is 4.79 Å². The van der Waals surface area contributed by atoms with Crippen molar-refractivity contribution in [2.45, 2.75) is 32.4 Å². The number of nitrogens with zero attached hydrogens (tertiary/aromatic N) is 3. The van der Waals surface area contributed by atoms with Crippen molar-refractivity contribution in [2.75, 3.05) is 18.0 Å². The normalized spacial score (nSPS) is 14.4. The van der Waals surface area contributed by atoms with Gasteiger partial charge in [-0.25, -0.2) is 9.37 Å². The molecular weight excluding hydrogens is 379 g/mol. The molecule has 1 saturated heterocycles. The molecule has 0 spiro atoms. The van der Waals surface area contributed by atoms with Crippen molar-refractivity contribution < 1.29 is 9.18 Å². The largest absolute Gasteiger partial charge is 0.357 e. The van der Waals surface area contributed by atoms with Gasteiger partial charge in [-0.2, -0.15) is 0 Å². The number of pyridine rings is 1. The molecule has 0 atom stereocenters. The van der Waals surface area contributed by atoms with Crippen molar-refractivity contribution in [1.82, 2.24) is 14.9 Å². The zero-order valence-corrected chi connectivity index (χ0v) is 16.3. The zero-order valence-electron chi connectivity index (χ0n) is 15.5. The van der Waals surface area contributed by atoms with E-state index < -0.39 is 5.82 Å². The minimum Gasteiger partial charge on any atom is -0.357 e. The van der Waals surface area contributed by atoms with Gasteiger partial charge in [0, 0.05) is 36.2 Å². The fourth-order valence-corrected chi connectivity index (χ4v) is 3.78. The molecule has 0 unspecified atom stereocenters. The topological polar surface area (TPSA) is 50.2 Å². The van der Waals surface area contributed by atoms with Crippen LogP contribution in [0.2, 0.25) is 5.02 Å². The summed E-state index contributed by atoms with van der Waals surface area (Å²) >= 11 is 6.01. The number of piperidine rings is 1. The average Bonchev–Trinajstić information content (AvgIpc) is 3.10. The molecule has 1 amide bonds. The van der Waals surface area contributed by atoms with E-state index >= 15 is 0 Å². The highest BCUT2D eigenvalue weighted by molar-refractivity contribution is 6.31. The number of halogens is 2. The Balaban J connectivity index is 1.45. The van der Waals surface area contributed by atoms with Crippen molar-refractivity contribution in [3.05, 3.63) is 59.0 Å². The first-order valence-electron chi connectivity index (χ1n) is 9.51. The van der Waals surface area contributed by atoms with E-state index in [0.29, 0.717) is 10.6 Å². The van der Waals surface area contributed by atoms with Crippen molar-refractivity contribution >= 4 is 34.4 Å². The maximum Gasteiger partial charge on any atom is 0.240 e. The zero-order chi connectivity index (χ0) is 19.5. The molecule has 1 aliphatic heterocycles. The number of amides is 1. The van der Waals surface area contributed by atoms with Gasteiger partial charge in [-0.05, 0) is 55.2 Å². The number of aromatic nitrogens is 2. The Kier molecular flexibility index (Phi) is 5.48. The average molecular weight is 401 g/mol. The Bertz CT molecular complexity index is 997. The lowest BCUT2D eigenvalue weighted by atomic mass is 10.1. The minimum atomic E-state index is -0.394. The van der Waals surface area contributed by atoms with Crippen LogP contribution >= 0.6 is 11.6 Å². The summed E-state index contributed by atoms with van der Waals surface area (Å²) < 4.78 is 15.0. The van der Waals surface area contributed by atoms with Crippen LogP contribution in [-0.2, 0) is 17.9 Å². The van der Waals surface area contributed by atoms with Crippen molar-refractivity contribution in [3.8, 4) is 0 Å². The van der Waals surface area contributed by atoms with Gasteiger partial charge >= 0.3 is 0 Å². The minimum absolute atomic E-state index is 0.150. The van der Waals surface area contributed by atoms with Crippen molar-refractivity contribution in [3.63, 3.8) is 0 Å². The first-order valence-corrected chi connectivity index (χ1v) is 9.89. The second kappa shape index (κ2) is 8.19. The Hall–Kier alpha value is -2.60. The monoisotopic (exact) mass is 400 g/mol. The van der Waals surface area contributed by atoms with E-state index in [1.165, 1.54) is 31.4 Å². The molecule has 1 aromatic carbocycles. The smallest absolute Gasteiger partial charge is 0.240 e. The summed E-state index contributed by atoms with van der Waals surface area (Å²) in [5.74, 6) is 0.420. The second-order valence-corrected chi connectivity index (χ2v) is 7.49. The summed E-state index contributed by atoms with van der Waals surface area (Å²) in [5, 5.41) is 4.15. The van der Waals surface area contributed by atoms with Crippen molar-refractivity contribution in [2.24, 2.45) is 0 Å². The number of anilines is 1. The first kappa shape index (κ1) is 18.7. The quantitative estimate of drug-likeness (QED) is 0.700. The highest BCUT2D eigenvalue weighted by Gasteiger charge is 2.14. The molecule has 0 radical (unpaired) electrons. The summed E-state index contributed by atoms with van der Waals surface area (Å²) in [6.07, 6.45) is 5.53. The van der Waals surface area contributed by atoms with Gasteiger partial charge in [0.15, 0.2) is 0 Å². The third-order valence-electron chi connectivity index (χ3n) is 5.08. The van der Waals surface area contributed by atoms with Gasteiger partial charge < -0.3 is 14.8 Å². The van der Waals surface area contributed by atoms with Gasteiger partial charge in [-0.15, -0.1) is 0 Å². The van der Waals surface area contributed by atoms with Crippen LogP contribution in [0.4, 0.5) is 10.2 Å². The molecule has 3 aromatic rings. The molecule has 0 aliphatic carbocycles. The summed E-state index contributed by atoms with van der Waals surface area (Å²) in [7, 11) is 0. The summed E-state index contributed by atoms with van der Waals surface area (Å²) in [4.78, 5) is 19.5. The summed E-state index contributed by atoms with van der Waals surface area (Å²) in [6, 6.07) is 10.2. The lowest BCUT2D eigenvalue weighted by molar-refractivity contribution is -0.121. The van der Waals surface area contributed by atoms with Gasteiger partial charge in [0.25, 0.3) is 0 Å². The summed E-state index contributed by atoms with van der Waals surface area (Å²) in [6.45, 7) is 2.47. The number of carbonyl (C=O) groups excluding carboxylic acids is 1. The SMILES string of the molecule is O=C(Cn1ccc2ccc(N3CCCCC3)nc21)NCc1ccc(F)cc1Cl. The van der Waals surface area contributed by atoms with Crippen LogP contribution in [0.1, 0.15) is 24.8 Å². The fourth-order valence-electron chi connectivity index (χ4n) is 3.55. The molecule has 28 heavy (non-hydrogen) atoms. The maximum absolute atomic E-state index is 13.1. The molecule has 1 fully saturated rings. The van der Waals surface area contributed by atoms with Gasteiger partial charge in [0.1, 0.15) is 23.8 Å². The molecular formula is C21H22ClFN4O. The molecule has 7 heteroatoms. The van der Waals surface area contributed by atoms with Crippen LogP contribution in [0.5, 0.6) is 0 Å². The maximum atomic E-state index is 13.1. The van der Waals surface area contributed by atoms with E-state index in [9.17, 15) is 9.18 Å². The number of rotatable bonds is 5. The lowest BCUT2D eigenvalue weighted by Crippen LogP contribution is -2.30. The molecule has 1 N–H and O–H groups in total. The van der Waals surface area contributed by atoms with Gasteiger partial charge in [0.2, 0.25) is 5.91 Å². The van der Waals surface area contributed by atoms with E-state index in [1.807, 2.05) is 16.8 Å². The van der Waals surface area contributed by atoms with Crippen LogP contribution in [0.3, 0.4) is 0 Å². The number of benzene rings is 1. The predicted molar refractivity (Wildman–Crippen MR) is 109 cm³/mol. The molecule has 0 bridgehead atoms. The third kappa shape index (κ3) is 4.12. The predicted octanol–water partition coefficient (Wildman–Crippen LogP) is 4.14. The molecule has 1 aliphatic rings. The number of nitrogens with one attached hydrogen (secondary N) is 1. The number of fused-ring (bicyclic) bond motifs is 1. The van der Waals surface area contributed by atoms with E-state index in [2.05, 4.69) is 22.3 Å². The summed E-state index contributed by atoms with van der Waals surface area (Å²) in [5.41, 5.74) is 1.48. The van der Waals surface area contributed by atoms with Crippen molar-refractivity contribution in [1.29, 1.82) is 0 Å². The highest BCUT2D eigenvalue weighted by Crippen LogP contribution is 2.22. The molecule has 0 saturated carbocycles. The van der Waals surface area contributed by atoms with Crippen LogP contribution in [0, 0.1) is 5.82 Å². The van der Waals surface area contributed by atoms with Crippen LogP contribution in [0.15, 0.2) is 42.6 Å². The molecule has 3 heterocycles. The standard InChI is InChI=1S/C21H22ClFN4O/c22-18-12-17(23)6-4-16(18)13-24-20(28)14-27-11-8-15-5-7-19(25-21(15)27)26-9-2-1-3-10-26/h4-8,11-12H,1-3,9-10,13-14H2,(H,24,28). The Morgan fingerprint density at radius 2 is 1.96 bits per heavy atom. The van der Waals surface area contributed by atoms with Crippen LogP contribution < -0.4 is 10.2 Å². The van der Waals surface area contributed by atoms with Gasteiger partial charge in [0.05, 0.1) is 0 Å². The van der Waals surface area contributed by atoms with E-state index in [4.69, 9.17) is 16.6 Å². The number of carbonyl (C=O) groups is 1. The Labute approximate surface area is 168 Å². The highest BCUT2D eigenvalue weighted by atomic mass is 35.5. The van der Waals surface area contributed by atoms with E-state index in [0.717, 1.165) is 29.9 Å². The molecule has 5 nitrogen and oxygen atoms in total. The number of hydrogen-bond donors (Lipinski definition) is 1. The van der Waals surface area contributed by atoms with E-state index in [1.54, 1.807) is 6.07 Å². The second-order valence-electron chi connectivity index (χ2n) is 7.09. The van der Waals surface area contributed by atoms with Gasteiger partial charge in [-0.1, -0.05) is 17.7 Å². The third-order valence-corrected chi connectivity index (χ3v) is 5.43. The molecule has 4 rings (SSSR count). The lowest BCUT2D eigenvalue weighted by Gasteiger charge is -2.27. The van der Waals surface area contributed by atoms with E-state index in [-0.39, 0.29) is 19.0 Å². The van der Waals surface area contributed by atoms with Crippen LogP contribution in [-0.4, -0.2) is 28.5 Å². The Morgan fingerprint density at radius 1 is 1.14 bits per heavy atom. The molecule has 146 valence electrons. The Morgan fingerprint density at radius 3 is 2.75 bits per heavy atom. The molecule has 2 aromatic heterocycles. The first-order chi connectivity index (χ1) is 13.6. The number of hydrogen-bond acceptors (Lipinski definition) is 3. The van der Waals surface area contributed by atoms with Crippen LogP contribution in [0.25, 0.3) is 11.0 Å².